The lowest BCUT2D eigenvalue weighted by Gasteiger charge is -2.01. The summed E-state index contributed by atoms with van der Waals surface area (Å²) in [6.45, 7) is 3.22. The highest BCUT2D eigenvalue weighted by atomic mass is 16.4. The normalized spacial score (nSPS) is 9.43. The molecule has 0 atom stereocenters. The van der Waals surface area contributed by atoms with E-state index in [1.54, 1.807) is 0 Å². The largest absolute Gasteiger partial charge is 0.478 e. The zero-order chi connectivity index (χ0) is 10.7. The van der Waals surface area contributed by atoms with Crippen molar-refractivity contribution in [1.29, 1.82) is 0 Å². The second kappa shape index (κ2) is 3.69. The van der Waals surface area contributed by atoms with Crippen LogP contribution in [-0.4, -0.2) is 28.9 Å². The van der Waals surface area contributed by atoms with Crippen LogP contribution in [0.15, 0.2) is 23.2 Å². The van der Waals surface area contributed by atoms with Crippen molar-refractivity contribution in [2.45, 2.75) is 0 Å². The van der Waals surface area contributed by atoms with Crippen LogP contribution in [0.25, 0.3) is 0 Å². The van der Waals surface area contributed by atoms with Crippen LogP contribution in [-0.2, 0) is 0 Å². The number of carboxylic acids is 2. The third-order valence-corrected chi connectivity index (χ3v) is 1.65. The van der Waals surface area contributed by atoms with Gasteiger partial charge in [-0.1, -0.05) is 0 Å². The molecule has 0 aliphatic rings. The van der Waals surface area contributed by atoms with Gasteiger partial charge < -0.3 is 10.2 Å². The summed E-state index contributed by atoms with van der Waals surface area (Å²) in [4.78, 5) is 24.8. The first kappa shape index (κ1) is 9.91. The standard InChI is InChI=1S/C9H7NO4/c1-10-5-2-3-6(8(11)12)7(4-5)9(13)14/h2-4H,1H2,(H,11,12)(H,13,14). The van der Waals surface area contributed by atoms with Crippen molar-refractivity contribution in [3.05, 3.63) is 29.3 Å². The third-order valence-electron chi connectivity index (χ3n) is 1.65. The van der Waals surface area contributed by atoms with Crippen LogP contribution < -0.4 is 0 Å². The molecule has 0 aliphatic heterocycles. The van der Waals surface area contributed by atoms with Crippen molar-refractivity contribution >= 4 is 24.3 Å². The molecule has 0 spiro atoms. The molecule has 0 fully saturated rings. The number of hydrogen-bond donors (Lipinski definition) is 2. The number of aromatic carboxylic acids is 2. The average molecular weight is 193 g/mol. The molecule has 0 bridgehead atoms. The van der Waals surface area contributed by atoms with Gasteiger partial charge in [0.1, 0.15) is 0 Å². The molecule has 5 heteroatoms. The summed E-state index contributed by atoms with van der Waals surface area (Å²) in [6.07, 6.45) is 0. The maximum absolute atomic E-state index is 10.7. The predicted octanol–water partition coefficient (Wildman–Crippen LogP) is 1.42. The van der Waals surface area contributed by atoms with Crippen LogP contribution in [0.2, 0.25) is 0 Å². The Morgan fingerprint density at radius 3 is 2.14 bits per heavy atom. The van der Waals surface area contributed by atoms with E-state index in [-0.39, 0.29) is 11.1 Å². The van der Waals surface area contributed by atoms with Crippen LogP contribution >= 0.6 is 0 Å². The average Bonchev–Trinajstić information content (AvgIpc) is 2.16. The van der Waals surface area contributed by atoms with E-state index in [1.807, 2.05) is 0 Å². The highest BCUT2D eigenvalue weighted by molar-refractivity contribution is 6.02. The van der Waals surface area contributed by atoms with Gasteiger partial charge in [-0.15, -0.1) is 0 Å². The van der Waals surface area contributed by atoms with Crippen molar-refractivity contribution in [1.82, 2.24) is 0 Å². The smallest absolute Gasteiger partial charge is 0.336 e. The molecule has 0 heterocycles. The fraction of sp³-hybridized carbons (Fsp3) is 0. The lowest BCUT2D eigenvalue weighted by molar-refractivity contribution is 0.0651. The van der Waals surface area contributed by atoms with Gasteiger partial charge in [0.05, 0.1) is 16.8 Å². The Hall–Kier alpha value is -2.17. The molecule has 5 nitrogen and oxygen atoms in total. The van der Waals surface area contributed by atoms with Gasteiger partial charge >= 0.3 is 11.9 Å². The zero-order valence-electron chi connectivity index (χ0n) is 7.10. The minimum atomic E-state index is -1.30. The van der Waals surface area contributed by atoms with Gasteiger partial charge in [0.15, 0.2) is 0 Å². The monoisotopic (exact) mass is 193 g/mol. The predicted molar refractivity (Wildman–Crippen MR) is 49.6 cm³/mol. The third kappa shape index (κ3) is 1.77. The van der Waals surface area contributed by atoms with Gasteiger partial charge in [0, 0.05) is 0 Å². The second-order valence-electron chi connectivity index (χ2n) is 2.50. The SMILES string of the molecule is C=Nc1ccc(C(=O)O)c(C(=O)O)c1. The summed E-state index contributed by atoms with van der Waals surface area (Å²) >= 11 is 0. The highest BCUT2D eigenvalue weighted by Gasteiger charge is 2.15. The van der Waals surface area contributed by atoms with E-state index < -0.39 is 11.9 Å². The molecule has 14 heavy (non-hydrogen) atoms. The maximum atomic E-state index is 10.7. The van der Waals surface area contributed by atoms with Crippen LogP contribution in [0.1, 0.15) is 20.7 Å². The number of carboxylic acid groups (broad SMARTS) is 2. The van der Waals surface area contributed by atoms with Gasteiger partial charge in [-0.2, -0.15) is 0 Å². The molecule has 1 aromatic carbocycles. The number of carbonyl (C=O) groups is 2. The highest BCUT2D eigenvalue weighted by Crippen LogP contribution is 2.18. The Labute approximate surface area is 79.3 Å². The van der Waals surface area contributed by atoms with Gasteiger partial charge in [-0.05, 0) is 24.9 Å². The molecule has 2 N–H and O–H groups in total. The number of hydrogen-bond acceptors (Lipinski definition) is 3. The molecule has 0 aromatic heterocycles. The summed E-state index contributed by atoms with van der Waals surface area (Å²) in [6, 6.07) is 3.75. The van der Waals surface area contributed by atoms with E-state index in [0.29, 0.717) is 5.69 Å². The lowest BCUT2D eigenvalue weighted by atomic mass is 10.1. The Balaban J connectivity index is 3.38. The van der Waals surface area contributed by atoms with Crippen molar-refractivity contribution in [3.63, 3.8) is 0 Å². The summed E-state index contributed by atoms with van der Waals surface area (Å²) in [5.74, 6) is -2.58. The van der Waals surface area contributed by atoms with Crippen LogP contribution in [0, 0.1) is 0 Å². The maximum Gasteiger partial charge on any atom is 0.336 e. The first-order valence-electron chi connectivity index (χ1n) is 3.63. The molecule has 0 saturated carbocycles. The van der Waals surface area contributed by atoms with E-state index in [1.165, 1.54) is 18.2 Å². The number of aliphatic imine (C=N–C) groups is 1. The summed E-state index contributed by atoms with van der Waals surface area (Å²) in [5.41, 5.74) is -0.222. The first-order valence-corrected chi connectivity index (χ1v) is 3.63. The Kier molecular flexibility index (Phi) is 2.62. The minimum Gasteiger partial charge on any atom is -0.478 e. The topological polar surface area (TPSA) is 87.0 Å². The van der Waals surface area contributed by atoms with E-state index in [2.05, 4.69) is 11.7 Å². The van der Waals surface area contributed by atoms with E-state index in [0.717, 1.165) is 0 Å². The second-order valence-corrected chi connectivity index (χ2v) is 2.50. The van der Waals surface area contributed by atoms with Gasteiger partial charge in [0.2, 0.25) is 0 Å². The van der Waals surface area contributed by atoms with Crippen molar-refractivity contribution < 1.29 is 19.8 Å². The van der Waals surface area contributed by atoms with E-state index in [9.17, 15) is 9.59 Å². The number of benzene rings is 1. The summed E-state index contributed by atoms with van der Waals surface area (Å²) in [7, 11) is 0. The molecule has 0 amide bonds. The Morgan fingerprint density at radius 1 is 1.14 bits per heavy atom. The molecule has 1 rings (SSSR count). The van der Waals surface area contributed by atoms with Crippen molar-refractivity contribution in [2.24, 2.45) is 4.99 Å². The van der Waals surface area contributed by atoms with Crippen LogP contribution in [0.4, 0.5) is 5.69 Å². The van der Waals surface area contributed by atoms with E-state index >= 15 is 0 Å². The quantitative estimate of drug-likeness (QED) is 0.710. The molecule has 72 valence electrons. The van der Waals surface area contributed by atoms with Crippen LogP contribution in [0.5, 0.6) is 0 Å². The molecule has 0 radical (unpaired) electrons. The molecule has 0 unspecified atom stereocenters. The summed E-state index contributed by atoms with van der Waals surface area (Å²) < 4.78 is 0. The van der Waals surface area contributed by atoms with Crippen molar-refractivity contribution in [2.75, 3.05) is 0 Å². The molecule has 0 aliphatic carbocycles. The van der Waals surface area contributed by atoms with Crippen molar-refractivity contribution in [3.8, 4) is 0 Å². The number of nitrogens with zero attached hydrogens (tertiary/aromatic N) is 1. The zero-order valence-corrected chi connectivity index (χ0v) is 7.10. The molecular weight excluding hydrogens is 186 g/mol. The molecular formula is C9H7NO4. The first-order chi connectivity index (χ1) is 6.56. The fourth-order valence-corrected chi connectivity index (χ4v) is 0.994. The fourth-order valence-electron chi connectivity index (χ4n) is 0.994. The van der Waals surface area contributed by atoms with Gasteiger partial charge in [-0.25, -0.2) is 9.59 Å². The Bertz CT molecular complexity index is 411. The van der Waals surface area contributed by atoms with Gasteiger partial charge in [0.25, 0.3) is 0 Å². The molecule has 1 aromatic rings. The number of rotatable bonds is 3. The van der Waals surface area contributed by atoms with Crippen LogP contribution in [0.3, 0.4) is 0 Å². The Morgan fingerprint density at radius 2 is 1.71 bits per heavy atom. The lowest BCUT2D eigenvalue weighted by Crippen LogP contribution is -2.07. The molecule has 0 saturated heterocycles. The summed E-state index contributed by atoms with van der Waals surface area (Å²) in [5, 5.41) is 17.4. The van der Waals surface area contributed by atoms with E-state index in [4.69, 9.17) is 10.2 Å². The minimum absolute atomic E-state index is 0.259. The van der Waals surface area contributed by atoms with Gasteiger partial charge in [-0.3, -0.25) is 4.99 Å².